The van der Waals surface area contributed by atoms with Crippen LogP contribution in [0.5, 0.6) is 11.5 Å². The second kappa shape index (κ2) is 7.34. The minimum Gasteiger partial charge on any atom is -0.494 e. The predicted octanol–water partition coefficient (Wildman–Crippen LogP) is 2.54. The average molecular weight is 396 g/mol. The molecule has 0 saturated carbocycles. The zero-order valence-corrected chi connectivity index (χ0v) is 15.8. The van der Waals surface area contributed by atoms with Gasteiger partial charge in [0.05, 0.1) is 31.1 Å². The maximum absolute atomic E-state index is 13.1. The first kappa shape index (κ1) is 18.6. The highest BCUT2D eigenvalue weighted by atomic mass is 19.1. The summed E-state index contributed by atoms with van der Waals surface area (Å²) in [6, 6.07) is 9.04. The fourth-order valence-corrected chi connectivity index (χ4v) is 3.15. The van der Waals surface area contributed by atoms with Crippen molar-refractivity contribution in [3.8, 4) is 17.2 Å². The van der Waals surface area contributed by atoms with Gasteiger partial charge in [-0.3, -0.25) is 14.5 Å². The molecule has 29 heavy (non-hydrogen) atoms. The summed E-state index contributed by atoms with van der Waals surface area (Å²) in [7, 11) is 1.48. The van der Waals surface area contributed by atoms with Gasteiger partial charge < -0.3 is 9.47 Å². The number of anilines is 1. The van der Waals surface area contributed by atoms with Gasteiger partial charge in [-0.15, -0.1) is 5.10 Å². The van der Waals surface area contributed by atoms with Crippen LogP contribution >= 0.6 is 0 Å². The molecule has 0 unspecified atom stereocenters. The Bertz CT molecular complexity index is 1090. The first-order valence-corrected chi connectivity index (χ1v) is 8.80. The van der Waals surface area contributed by atoms with Gasteiger partial charge in [-0.05, 0) is 43.3 Å². The number of Topliss-reactive ketones (excluding diaryl/α,β-unsaturated/α-hetero) is 1. The van der Waals surface area contributed by atoms with Crippen molar-refractivity contribution in [2.24, 2.45) is 0 Å². The van der Waals surface area contributed by atoms with Crippen molar-refractivity contribution in [3.05, 3.63) is 59.7 Å². The van der Waals surface area contributed by atoms with Gasteiger partial charge in [0, 0.05) is 0 Å². The Morgan fingerprint density at radius 3 is 2.69 bits per heavy atom. The number of rotatable bonds is 5. The number of nitrogens with zero attached hydrogens (tertiary/aromatic N) is 4. The van der Waals surface area contributed by atoms with Crippen LogP contribution in [0.2, 0.25) is 0 Å². The van der Waals surface area contributed by atoms with E-state index >= 15 is 0 Å². The third kappa shape index (κ3) is 3.42. The molecule has 1 aromatic heterocycles. The third-order valence-corrected chi connectivity index (χ3v) is 4.56. The smallest absolute Gasteiger partial charge is 0.265 e. The number of hydrogen-bond acceptors (Lipinski definition) is 6. The molecular weight excluding hydrogens is 379 g/mol. The number of carbonyl (C=O) groups is 2. The molecule has 0 atom stereocenters. The molecule has 1 amide bonds. The minimum atomic E-state index is -0.349. The number of amides is 1. The van der Waals surface area contributed by atoms with Crippen molar-refractivity contribution in [1.29, 1.82) is 0 Å². The summed E-state index contributed by atoms with van der Waals surface area (Å²) in [5.41, 5.74) is 1.89. The summed E-state index contributed by atoms with van der Waals surface area (Å²) < 4.78 is 25.6. The number of carbonyl (C=O) groups excluding carboxylic acids is 2. The SMILES string of the molecule is COc1ccc(C(C)=O)c2c1N(Cc1cn(-c3ccc(F)cc3)nn1)C(=O)CO2. The number of fused-ring (bicyclic) bond motifs is 1. The van der Waals surface area contributed by atoms with E-state index in [1.165, 1.54) is 35.7 Å². The number of ketones is 1. The van der Waals surface area contributed by atoms with E-state index in [2.05, 4.69) is 10.3 Å². The van der Waals surface area contributed by atoms with Crippen molar-refractivity contribution >= 4 is 17.4 Å². The van der Waals surface area contributed by atoms with Gasteiger partial charge in [0.25, 0.3) is 5.91 Å². The van der Waals surface area contributed by atoms with Gasteiger partial charge in [-0.25, -0.2) is 9.07 Å². The summed E-state index contributed by atoms with van der Waals surface area (Å²) in [6.45, 7) is 1.33. The minimum absolute atomic E-state index is 0.105. The molecule has 8 nitrogen and oxygen atoms in total. The molecule has 0 saturated heterocycles. The Labute approximate surface area is 165 Å². The molecule has 0 bridgehead atoms. The van der Waals surface area contributed by atoms with E-state index in [1.54, 1.807) is 30.5 Å². The fourth-order valence-electron chi connectivity index (χ4n) is 3.15. The second-order valence-corrected chi connectivity index (χ2v) is 6.45. The predicted molar refractivity (Wildman–Crippen MR) is 101 cm³/mol. The molecule has 0 aliphatic carbocycles. The van der Waals surface area contributed by atoms with Crippen molar-refractivity contribution in [3.63, 3.8) is 0 Å². The van der Waals surface area contributed by atoms with Gasteiger partial charge in [0.15, 0.2) is 18.1 Å². The highest BCUT2D eigenvalue weighted by Crippen LogP contribution is 2.43. The highest BCUT2D eigenvalue weighted by Gasteiger charge is 2.32. The third-order valence-electron chi connectivity index (χ3n) is 4.56. The molecule has 0 spiro atoms. The first-order valence-electron chi connectivity index (χ1n) is 8.80. The molecule has 0 fully saturated rings. The molecule has 2 heterocycles. The lowest BCUT2D eigenvalue weighted by molar-refractivity contribution is -0.121. The number of halogens is 1. The van der Waals surface area contributed by atoms with Crippen LogP contribution in [-0.2, 0) is 11.3 Å². The first-order chi connectivity index (χ1) is 14.0. The average Bonchev–Trinajstić information content (AvgIpc) is 3.18. The van der Waals surface area contributed by atoms with Gasteiger partial charge in [0.1, 0.15) is 22.9 Å². The fraction of sp³-hybridized carbons (Fsp3) is 0.200. The van der Waals surface area contributed by atoms with E-state index < -0.39 is 0 Å². The van der Waals surface area contributed by atoms with E-state index in [4.69, 9.17) is 9.47 Å². The van der Waals surface area contributed by atoms with Gasteiger partial charge in [0.2, 0.25) is 0 Å². The molecule has 0 radical (unpaired) electrons. The van der Waals surface area contributed by atoms with E-state index in [-0.39, 0.29) is 30.7 Å². The number of hydrogen-bond donors (Lipinski definition) is 0. The number of methoxy groups -OCH3 is 1. The molecule has 1 aliphatic rings. The molecule has 1 aliphatic heterocycles. The Balaban J connectivity index is 1.70. The van der Waals surface area contributed by atoms with Crippen LogP contribution in [0.25, 0.3) is 5.69 Å². The van der Waals surface area contributed by atoms with Crippen LogP contribution in [-0.4, -0.2) is 40.4 Å². The molecule has 148 valence electrons. The largest absolute Gasteiger partial charge is 0.494 e. The summed E-state index contributed by atoms with van der Waals surface area (Å²) in [6.07, 6.45) is 1.65. The van der Waals surface area contributed by atoms with E-state index in [0.717, 1.165) is 0 Å². The lowest BCUT2D eigenvalue weighted by atomic mass is 10.1. The van der Waals surface area contributed by atoms with Gasteiger partial charge in [-0.1, -0.05) is 5.21 Å². The molecule has 4 rings (SSSR count). The Morgan fingerprint density at radius 1 is 1.24 bits per heavy atom. The topological polar surface area (TPSA) is 86.5 Å². The lowest BCUT2D eigenvalue weighted by Gasteiger charge is -2.31. The Hall–Kier alpha value is -3.75. The monoisotopic (exact) mass is 396 g/mol. The number of ether oxygens (including phenoxy) is 2. The number of benzene rings is 2. The van der Waals surface area contributed by atoms with Crippen LogP contribution in [0, 0.1) is 5.82 Å². The maximum atomic E-state index is 13.1. The van der Waals surface area contributed by atoms with E-state index in [9.17, 15) is 14.0 Å². The normalized spacial score (nSPS) is 13.1. The van der Waals surface area contributed by atoms with Gasteiger partial charge >= 0.3 is 0 Å². The summed E-state index contributed by atoms with van der Waals surface area (Å²) in [4.78, 5) is 26.0. The molecule has 0 N–H and O–H groups in total. The van der Waals surface area contributed by atoms with Crippen molar-refractivity contribution in [1.82, 2.24) is 15.0 Å². The highest BCUT2D eigenvalue weighted by molar-refractivity contribution is 6.05. The van der Waals surface area contributed by atoms with Crippen LogP contribution in [0.3, 0.4) is 0 Å². The van der Waals surface area contributed by atoms with Gasteiger partial charge in [-0.2, -0.15) is 0 Å². The Morgan fingerprint density at radius 2 is 2.00 bits per heavy atom. The summed E-state index contributed by atoms with van der Waals surface area (Å²) in [5, 5.41) is 8.15. The Kier molecular flexibility index (Phi) is 4.71. The standard InChI is InChI=1S/C20H17FN4O4/c1-12(26)16-7-8-17(28-2)19-20(16)29-11-18(27)24(19)9-14-10-25(23-22-14)15-5-3-13(21)4-6-15/h3-8,10H,9,11H2,1-2H3. The number of aromatic nitrogens is 3. The van der Waals surface area contributed by atoms with Crippen LogP contribution in [0.1, 0.15) is 23.0 Å². The zero-order chi connectivity index (χ0) is 20.5. The molecule has 3 aromatic rings. The summed E-state index contributed by atoms with van der Waals surface area (Å²) >= 11 is 0. The molecular formula is C20H17FN4O4. The second-order valence-electron chi connectivity index (χ2n) is 6.45. The summed E-state index contributed by atoms with van der Waals surface area (Å²) in [5.74, 6) is -0.113. The maximum Gasteiger partial charge on any atom is 0.265 e. The molecule has 9 heteroatoms. The molecule has 2 aromatic carbocycles. The quantitative estimate of drug-likeness (QED) is 0.616. The lowest BCUT2D eigenvalue weighted by Crippen LogP contribution is -2.39. The van der Waals surface area contributed by atoms with Crippen molar-refractivity contribution in [2.75, 3.05) is 18.6 Å². The van der Waals surface area contributed by atoms with E-state index in [0.29, 0.717) is 34.1 Å². The van der Waals surface area contributed by atoms with Crippen molar-refractivity contribution in [2.45, 2.75) is 13.5 Å². The van der Waals surface area contributed by atoms with Crippen LogP contribution < -0.4 is 14.4 Å². The van der Waals surface area contributed by atoms with Crippen molar-refractivity contribution < 1.29 is 23.5 Å². The van der Waals surface area contributed by atoms with Crippen LogP contribution in [0.15, 0.2) is 42.6 Å². The van der Waals surface area contributed by atoms with Crippen LogP contribution in [0.4, 0.5) is 10.1 Å². The zero-order valence-electron chi connectivity index (χ0n) is 15.8. The van der Waals surface area contributed by atoms with E-state index in [1.807, 2.05) is 0 Å².